The summed E-state index contributed by atoms with van der Waals surface area (Å²) in [5.41, 5.74) is 6.05. The summed E-state index contributed by atoms with van der Waals surface area (Å²) in [6.07, 6.45) is 1.88. The summed E-state index contributed by atoms with van der Waals surface area (Å²) in [6.45, 7) is 1.31. The molecule has 2 aromatic rings. The van der Waals surface area contributed by atoms with Crippen LogP contribution in [-0.2, 0) is 12.8 Å². The maximum absolute atomic E-state index is 5.91. The van der Waals surface area contributed by atoms with Crippen LogP contribution in [0.4, 0.5) is 0 Å². The first kappa shape index (κ1) is 17.5. The van der Waals surface area contributed by atoms with Crippen molar-refractivity contribution in [1.82, 2.24) is 0 Å². The van der Waals surface area contributed by atoms with Gasteiger partial charge in [-0.1, -0.05) is 0 Å². The fourth-order valence-corrected chi connectivity index (χ4v) is 5.08. The van der Waals surface area contributed by atoms with Gasteiger partial charge in [0.2, 0.25) is 12.5 Å². The van der Waals surface area contributed by atoms with Crippen molar-refractivity contribution in [1.29, 1.82) is 0 Å². The third kappa shape index (κ3) is 2.18. The van der Waals surface area contributed by atoms with E-state index in [1.807, 2.05) is 0 Å². The van der Waals surface area contributed by atoms with Crippen molar-refractivity contribution >= 4 is 0 Å². The van der Waals surface area contributed by atoms with Gasteiger partial charge in [0.1, 0.15) is 6.04 Å². The second-order valence-corrected chi connectivity index (χ2v) is 8.20. The van der Waals surface area contributed by atoms with Crippen LogP contribution in [0.5, 0.6) is 28.7 Å². The van der Waals surface area contributed by atoms with Crippen LogP contribution >= 0.6 is 0 Å². The molecule has 0 N–H and O–H groups in total. The van der Waals surface area contributed by atoms with Crippen molar-refractivity contribution in [2.24, 2.45) is 0 Å². The molecule has 0 bridgehead atoms. The normalized spacial score (nSPS) is 20.2. The fourth-order valence-electron chi connectivity index (χ4n) is 5.08. The zero-order valence-electron chi connectivity index (χ0n) is 17.0. The Morgan fingerprint density at radius 1 is 0.929 bits per heavy atom. The average Bonchev–Trinajstić information content (AvgIpc) is 3.14. The number of hydrogen-bond acceptors (Lipinski definition) is 5. The Balaban J connectivity index is 1.90. The van der Waals surface area contributed by atoms with Crippen molar-refractivity contribution in [2.75, 3.05) is 48.8 Å². The van der Waals surface area contributed by atoms with Gasteiger partial charge in [0, 0.05) is 29.5 Å². The molecule has 0 fully saturated rings. The van der Waals surface area contributed by atoms with Gasteiger partial charge in [-0.25, -0.2) is 0 Å². The van der Waals surface area contributed by atoms with E-state index in [0.29, 0.717) is 11.8 Å². The zero-order chi connectivity index (χ0) is 19.6. The van der Waals surface area contributed by atoms with Crippen LogP contribution < -0.4 is 23.7 Å². The molecule has 5 rings (SSSR count). The Kier molecular flexibility index (Phi) is 3.72. The third-order valence-electron chi connectivity index (χ3n) is 6.52. The van der Waals surface area contributed by atoms with E-state index in [-0.39, 0.29) is 6.79 Å². The lowest BCUT2D eigenvalue weighted by Gasteiger charge is -2.46. The second kappa shape index (κ2) is 5.95. The summed E-state index contributed by atoms with van der Waals surface area (Å²) in [5, 5.41) is 0. The minimum absolute atomic E-state index is 0.268. The topological polar surface area (TPSA) is 46.2 Å². The molecule has 0 amide bonds. The molecular formula is C22H26NO5+. The first-order valence-electron chi connectivity index (χ1n) is 9.60. The van der Waals surface area contributed by atoms with Gasteiger partial charge in [0.25, 0.3) is 0 Å². The molecule has 0 aromatic heterocycles. The summed E-state index contributed by atoms with van der Waals surface area (Å²) in [4.78, 5) is 0. The number of rotatable bonds is 3. The van der Waals surface area contributed by atoms with E-state index in [1.54, 1.807) is 21.3 Å². The monoisotopic (exact) mass is 384 g/mol. The van der Waals surface area contributed by atoms with Gasteiger partial charge in [-0.2, -0.15) is 0 Å². The first-order valence-corrected chi connectivity index (χ1v) is 9.60. The number of nitrogens with zero attached hydrogens (tertiary/aromatic N) is 1. The lowest BCUT2D eigenvalue weighted by molar-refractivity contribution is -0.923. The SMILES string of the molecule is COc1c2c3c(c(OC)c1OC)-c1cc4c(cc1C[C@@H]3[N+](C)(C)CC2)OCO4. The van der Waals surface area contributed by atoms with Gasteiger partial charge >= 0.3 is 0 Å². The minimum atomic E-state index is 0.268. The molecule has 0 unspecified atom stereocenters. The molecule has 0 saturated heterocycles. The number of fused-ring (bicyclic) bond motifs is 3. The van der Waals surface area contributed by atoms with Gasteiger partial charge in [0.05, 0.1) is 42.0 Å². The summed E-state index contributed by atoms with van der Waals surface area (Å²) < 4.78 is 29.7. The molecule has 3 aliphatic rings. The molecule has 2 aliphatic heterocycles. The van der Waals surface area contributed by atoms with Gasteiger partial charge in [-0.3, -0.25) is 0 Å². The zero-order valence-corrected chi connectivity index (χ0v) is 17.0. The molecule has 1 aliphatic carbocycles. The highest BCUT2D eigenvalue weighted by molar-refractivity contribution is 5.87. The average molecular weight is 384 g/mol. The highest BCUT2D eigenvalue weighted by Crippen LogP contribution is 2.58. The van der Waals surface area contributed by atoms with Crippen molar-refractivity contribution < 1.29 is 28.2 Å². The summed E-state index contributed by atoms with van der Waals surface area (Å²) >= 11 is 0. The maximum atomic E-state index is 5.91. The molecule has 28 heavy (non-hydrogen) atoms. The summed E-state index contributed by atoms with van der Waals surface area (Å²) in [7, 11) is 9.68. The smallest absolute Gasteiger partial charge is 0.231 e. The molecule has 1 atom stereocenters. The Morgan fingerprint density at radius 3 is 2.29 bits per heavy atom. The predicted octanol–water partition coefficient (Wildman–Crippen LogP) is 3.34. The Labute approximate surface area is 165 Å². The van der Waals surface area contributed by atoms with Crippen molar-refractivity contribution in [2.45, 2.75) is 18.9 Å². The molecule has 0 saturated carbocycles. The van der Waals surface area contributed by atoms with Crippen molar-refractivity contribution in [3.05, 3.63) is 28.8 Å². The van der Waals surface area contributed by atoms with Crippen LogP contribution in [0.15, 0.2) is 12.1 Å². The van der Waals surface area contributed by atoms with E-state index in [2.05, 4.69) is 26.2 Å². The first-order chi connectivity index (χ1) is 13.5. The molecule has 2 heterocycles. The van der Waals surface area contributed by atoms with E-state index in [9.17, 15) is 0 Å². The molecule has 0 radical (unpaired) electrons. The maximum Gasteiger partial charge on any atom is 0.231 e. The van der Waals surface area contributed by atoms with E-state index in [4.69, 9.17) is 23.7 Å². The van der Waals surface area contributed by atoms with Crippen molar-refractivity contribution in [3.8, 4) is 39.9 Å². The standard InChI is InChI=1S/C22H26NO5/c1-23(2)7-6-13-18-15(23)8-12-9-16-17(28-11-27-16)10-14(12)19(18)21(25-4)22(26-5)20(13)24-3/h9-10,15H,6-8,11H2,1-5H3/q+1/t15-/m0/s1. The number of benzene rings is 2. The summed E-state index contributed by atoms with van der Waals surface area (Å²) in [6, 6.07) is 4.54. The van der Waals surface area contributed by atoms with Gasteiger partial charge in [-0.15, -0.1) is 0 Å². The number of ether oxygens (including phenoxy) is 5. The largest absolute Gasteiger partial charge is 0.492 e. The quantitative estimate of drug-likeness (QED) is 0.760. The van der Waals surface area contributed by atoms with E-state index in [1.165, 1.54) is 16.7 Å². The van der Waals surface area contributed by atoms with E-state index in [0.717, 1.165) is 58.0 Å². The second-order valence-electron chi connectivity index (χ2n) is 8.20. The van der Waals surface area contributed by atoms with E-state index >= 15 is 0 Å². The third-order valence-corrected chi connectivity index (χ3v) is 6.52. The van der Waals surface area contributed by atoms with Crippen LogP contribution in [0.25, 0.3) is 11.1 Å². The number of hydrogen-bond donors (Lipinski definition) is 0. The minimum Gasteiger partial charge on any atom is -0.492 e. The fraction of sp³-hybridized carbons (Fsp3) is 0.455. The van der Waals surface area contributed by atoms with Gasteiger partial charge < -0.3 is 28.2 Å². The Hall–Kier alpha value is -2.60. The molecule has 2 aromatic carbocycles. The Morgan fingerprint density at radius 2 is 1.61 bits per heavy atom. The molecule has 6 nitrogen and oxygen atoms in total. The number of methoxy groups -OCH3 is 3. The van der Waals surface area contributed by atoms with Crippen molar-refractivity contribution in [3.63, 3.8) is 0 Å². The summed E-state index contributed by atoms with van der Waals surface area (Å²) in [5.74, 6) is 3.79. The molecular weight excluding hydrogens is 358 g/mol. The van der Waals surface area contributed by atoms with Crippen LogP contribution in [0, 0.1) is 0 Å². The van der Waals surface area contributed by atoms with Gasteiger partial charge in [-0.05, 0) is 23.3 Å². The molecule has 6 heteroatoms. The van der Waals surface area contributed by atoms with Crippen LogP contribution in [0.2, 0.25) is 0 Å². The highest BCUT2D eigenvalue weighted by atomic mass is 16.7. The van der Waals surface area contributed by atoms with Crippen LogP contribution in [0.1, 0.15) is 22.7 Å². The van der Waals surface area contributed by atoms with Crippen LogP contribution in [-0.4, -0.2) is 53.2 Å². The molecule has 0 spiro atoms. The van der Waals surface area contributed by atoms with E-state index < -0.39 is 0 Å². The lowest BCUT2D eigenvalue weighted by Crippen LogP contribution is -2.49. The highest BCUT2D eigenvalue weighted by Gasteiger charge is 2.45. The number of quaternary nitrogens is 1. The van der Waals surface area contributed by atoms with Gasteiger partial charge in [0.15, 0.2) is 23.0 Å². The van der Waals surface area contributed by atoms with Crippen LogP contribution in [0.3, 0.4) is 0 Å². The number of likely N-dealkylation sites (N-methyl/N-ethyl adjacent to an activating group) is 1. The lowest BCUT2D eigenvalue weighted by atomic mass is 9.75. The predicted molar refractivity (Wildman–Crippen MR) is 105 cm³/mol. The Bertz CT molecular complexity index is 982. The molecule has 148 valence electrons.